The summed E-state index contributed by atoms with van der Waals surface area (Å²) >= 11 is 0. The Morgan fingerprint density at radius 1 is 1.26 bits per heavy atom. The van der Waals surface area contributed by atoms with Crippen molar-refractivity contribution in [2.75, 3.05) is 0 Å². The van der Waals surface area contributed by atoms with Crippen molar-refractivity contribution in [1.29, 1.82) is 0 Å². The number of hydrogen-bond donors (Lipinski definition) is 2. The van der Waals surface area contributed by atoms with Crippen LogP contribution in [0.15, 0.2) is 0 Å². The van der Waals surface area contributed by atoms with E-state index in [-0.39, 0.29) is 24.3 Å². The molecule has 0 saturated heterocycles. The average Bonchev–Trinajstić information content (AvgIpc) is 2.39. The molecule has 0 aromatic carbocycles. The van der Waals surface area contributed by atoms with Gasteiger partial charge in [-0.25, -0.2) is 4.79 Å². The van der Waals surface area contributed by atoms with E-state index >= 15 is 0 Å². The fraction of sp³-hybridized carbons (Fsp3) is 0.769. The van der Waals surface area contributed by atoms with Crippen LogP contribution in [0.2, 0.25) is 0 Å². The van der Waals surface area contributed by atoms with E-state index in [0.29, 0.717) is 0 Å². The van der Waals surface area contributed by atoms with Crippen LogP contribution < -0.4 is 5.73 Å². The van der Waals surface area contributed by atoms with Crippen LogP contribution in [0, 0.1) is 11.8 Å². The van der Waals surface area contributed by atoms with Gasteiger partial charge in [-0.2, -0.15) is 0 Å². The molecule has 0 spiro atoms. The SMILES string of the molecule is CC(C)[C@H](N)C(=O)OC(=O)C1CCCCC1.O=CO. The predicted molar refractivity (Wildman–Crippen MR) is 69.2 cm³/mol. The molecule has 1 atom stereocenters. The van der Waals surface area contributed by atoms with Gasteiger partial charge in [-0.3, -0.25) is 9.59 Å². The molecule has 1 rings (SSSR count). The molecule has 1 fully saturated rings. The molecule has 6 heteroatoms. The van der Waals surface area contributed by atoms with E-state index < -0.39 is 12.0 Å². The van der Waals surface area contributed by atoms with E-state index in [0.717, 1.165) is 25.7 Å². The summed E-state index contributed by atoms with van der Waals surface area (Å²) in [5.41, 5.74) is 5.61. The maximum Gasteiger partial charge on any atom is 0.330 e. The van der Waals surface area contributed by atoms with Crippen molar-refractivity contribution >= 4 is 18.4 Å². The number of rotatable bonds is 3. The summed E-state index contributed by atoms with van der Waals surface area (Å²) in [4.78, 5) is 31.5. The second-order valence-corrected chi connectivity index (χ2v) is 4.95. The van der Waals surface area contributed by atoms with Crippen LogP contribution in [0.1, 0.15) is 46.0 Å². The van der Waals surface area contributed by atoms with Crippen molar-refractivity contribution in [3.63, 3.8) is 0 Å². The van der Waals surface area contributed by atoms with Gasteiger partial charge in [0.05, 0.1) is 5.92 Å². The number of hydrogen-bond acceptors (Lipinski definition) is 5. The number of carboxylic acid groups (broad SMARTS) is 1. The van der Waals surface area contributed by atoms with Crippen molar-refractivity contribution in [2.24, 2.45) is 17.6 Å². The third-order valence-corrected chi connectivity index (χ3v) is 3.13. The molecule has 0 bridgehead atoms. The molecule has 0 aromatic heterocycles. The minimum atomic E-state index is -0.701. The number of esters is 2. The highest BCUT2D eigenvalue weighted by molar-refractivity contribution is 5.89. The first-order chi connectivity index (χ1) is 8.93. The lowest BCUT2D eigenvalue weighted by atomic mass is 9.89. The van der Waals surface area contributed by atoms with Crippen molar-refractivity contribution in [3.05, 3.63) is 0 Å². The molecule has 1 aliphatic carbocycles. The van der Waals surface area contributed by atoms with E-state index in [2.05, 4.69) is 0 Å². The number of carbonyl (C=O) groups excluding carboxylic acids is 2. The highest BCUT2D eigenvalue weighted by Gasteiger charge is 2.27. The van der Waals surface area contributed by atoms with E-state index in [1.165, 1.54) is 6.42 Å². The lowest BCUT2D eigenvalue weighted by Gasteiger charge is -2.20. The molecule has 6 nitrogen and oxygen atoms in total. The summed E-state index contributed by atoms with van der Waals surface area (Å²) in [7, 11) is 0. The number of carbonyl (C=O) groups is 3. The van der Waals surface area contributed by atoms with Gasteiger partial charge in [-0.1, -0.05) is 33.1 Å². The second kappa shape index (κ2) is 9.49. The molecule has 1 saturated carbocycles. The Labute approximate surface area is 113 Å². The first-order valence-electron chi connectivity index (χ1n) is 6.53. The van der Waals surface area contributed by atoms with Crippen LogP contribution in [0.3, 0.4) is 0 Å². The summed E-state index contributed by atoms with van der Waals surface area (Å²) in [6.07, 6.45) is 4.93. The molecule has 0 unspecified atom stereocenters. The predicted octanol–water partition coefficient (Wildman–Crippen LogP) is 1.32. The Kier molecular flexibility index (Phi) is 8.78. The highest BCUT2D eigenvalue weighted by atomic mass is 16.6. The van der Waals surface area contributed by atoms with Gasteiger partial charge in [0.15, 0.2) is 0 Å². The normalized spacial score (nSPS) is 17.1. The summed E-state index contributed by atoms with van der Waals surface area (Å²) < 4.78 is 4.81. The van der Waals surface area contributed by atoms with Crippen molar-refractivity contribution in [1.82, 2.24) is 0 Å². The molecular formula is C13H23NO5. The second-order valence-electron chi connectivity index (χ2n) is 4.95. The van der Waals surface area contributed by atoms with Gasteiger partial charge in [0, 0.05) is 0 Å². The zero-order chi connectivity index (χ0) is 14.8. The Morgan fingerprint density at radius 2 is 1.74 bits per heavy atom. The third-order valence-electron chi connectivity index (χ3n) is 3.13. The quantitative estimate of drug-likeness (QED) is 0.456. The van der Waals surface area contributed by atoms with Crippen molar-refractivity contribution < 1.29 is 24.2 Å². The maximum atomic E-state index is 11.6. The summed E-state index contributed by atoms with van der Waals surface area (Å²) in [5, 5.41) is 6.89. The first-order valence-corrected chi connectivity index (χ1v) is 6.53. The molecule has 110 valence electrons. The van der Waals surface area contributed by atoms with Gasteiger partial charge in [0.2, 0.25) is 0 Å². The van der Waals surface area contributed by atoms with Gasteiger partial charge in [0.1, 0.15) is 6.04 Å². The van der Waals surface area contributed by atoms with Crippen LogP contribution >= 0.6 is 0 Å². The van der Waals surface area contributed by atoms with Crippen molar-refractivity contribution in [2.45, 2.75) is 52.0 Å². The van der Waals surface area contributed by atoms with Gasteiger partial charge in [-0.15, -0.1) is 0 Å². The molecule has 0 aliphatic heterocycles. The van der Waals surface area contributed by atoms with Gasteiger partial charge in [0.25, 0.3) is 6.47 Å². The largest absolute Gasteiger partial charge is 0.483 e. The Morgan fingerprint density at radius 3 is 2.16 bits per heavy atom. The molecule has 3 N–H and O–H groups in total. The average molecular weight is 273 g/mol. The number of ether oxygens (including phenoxy) is 1. The fourth-order valence-electron chi connectivity index (χ4n) is 1.86. The van der Waals surface area contributed by atoms with Crippen LogP contribution in [-0.4, -0.2) is 29.6 Å². The summed E-state index contributed by atoms with van der Waals surface area (Å²) in [5.74, 6) is -1.09. The van der Waals surface area contributed by atoms with E-state index in [9.17, 15) is 9.59 Å². The standard InChI is InChI=1S/C12H21NO3.CH2O2/c1-8(2)10(13)12(15)16-11(14)9-6-4-3-5-7-9;2-1-3/h8-10H,3-7,13H2,1-2H3;1H,(H,2,3)/t10-;/m0./s1. The molecular weight excluding hydrogens is 250 g/mol. The molecule has 0 radical (unpaired) electrons. The van der Waals surface area contributed by atoms with E-state index in [1.807, 2.05) is 13.8 Å². The minimum Gasteiger partial charge on any atom is -0.483 e. The lowest BCUT2D eigenvalue weighted by molar-refractivity contribution is -0.164. The van der Waals surface area contributed by atoms with E-state index in [4.69, 9.17) is 20.4 Å². The Balaban J connectivity index is 0.000000982. The van der Waals surface area contributed by atoms with Crippen molar-refractivity contribution in [3.8, 4) is 0 Å². The third kappa shape index (κ3) is 6.91. The molecule has 0 amide bonds. The fourth-order valence-corrected chi connectivity index (χ4v) is 1.86. The maximum absolute atomic E-state index is 11.6. The molecule has 19 heavy (non-hydrogen) atoms. The van der Waals surface area contributed by atoms with Gasteiger partial charge in [-0.05, 0) is 18.8 Å². The van der Waals surface area contributed by atoms with Crippen LogP contribution in [-0.2, 0) is 19.1 Å². The number of nitrogens with two attached hydrogens (primary N) is 1. The smallest absolute Gasteiger partial charge is 0.330 e. The topological polar surface area (TPSA) is 107 Å². The Hall–Kier alpha value is -1.43. The van der Waals surface area contributed by atoms with E-state index in [1.54, 1.807) is 0 Å². The summed E-state index contributed by atoms with van der Waals surface area (Å²) in [6, 6.07) is -0.701. The minimum absolute atomic E-state index is 0.00773. The monoisotopic (exact) mass is 273 g/mol. The molecule has 1 aliphatic rings. The van der Waals surface area contributed by atoms with Gasteiger partial charge >= 0.3 is 11.9 Å². The van der Waals surface area contributed by atoms with Crippen LogP contribution in [0.4, 0.5) is 0 Å². The van der Waals surface area contributed by atoms with Gasteiger partial charge < -0.3 is 15.6 Å². The molecule has 0 heterocycles. The first kappa shape index (κ1) is 17.6. The Bertz CT molecular complexity index is 297. The summed E-state index contributed by atoms with van der Waals surface area (Å²) in [6.45, 7) is 3.41. The molecule has 0 aromatic rings. The lowest BCUT2D eigenvalue weighted by Crippen LogP contribution is -2.39. The van der Waals surface area contributed by atoms with Crippen LogP contribution in [0.25, 0.3) is 0 Å². The van der Waals surface area contributed by atoms with Crippen LogP contribution in [0.5, 0.6) is 0 Å². The zero-order valence-corrected chi connectivity index (χ0v) is 11.5. The highest BCUT2D eigenvalue weighted by Crippen LogP contribution is 2.24. The zero-order valence-electron chi connectivity index (χ0n) is 11.5.